The normalized spacial score (nSPS) is 28.4. The van der Waals surface area contributed by atoms with Crippen molar-refractivity contribution in [3.63, 3.8) is 0 Å². The van der Waals surface area contributed by atoms with Gasteiger partial charge in [0.25, 0.3) is 17.7 Å². The minimum atomic E-state index is -1.24. The lowest BCUT2D eigenvalue weighted by Gasteiger charge is -2.50. The van der Waals surface area contributed by atoms with E-state index in [2.05, 4.69) is 19.8 Å². The Kier molecular flexibility index (Phi) is 6.70. The van der Waals surface area contributed by atoms with Crippen molar-refractivity contribution in [3.05, 3.63) is 17.1 Å². The number of carboxylic acid groups (broad SMARTS) is 1. The molecule has 0 saturated carbocycles. The number of fused-ring (bicyclic) bond motifs is 1. The van der Waals surface area contributed by atoms with E-state index in [1.165, 1.54) is 23.8 Å². The molecule has 2 fully saturated rings. The molecule has 0 aromatic carbocycles. The summed E-state index contributed by atoms with van der Waals surface area (Å²) in [5, 5.41) is 15.7. The van der Waals surface area contributed by atoms with Crippen LogP contribution in [0.4, 0.5) is 5.13 Å². The molecule has 6 N–H and O–H groups in total. The Morgan fingerprint density at radius 3 is 2.74 bits per heavy atom. The number of nitrogen functional groups attached to an aromatic ring is 1. The number of thioether (sulfide) groups is 1. The van der Waals surface area contributed by atoms with Gasteiger partial charge in [-0.1, -0.05) is 5.16 Å². The van der Waals surface area contributed by atoms with Crippen LogP contribution < -0.4 is 16.8 Å². The molecular weight excluding hydrogens is 500 g/mol. The van der Waals surface area contributed by atoms with Crippen molar-refractivity contribution in [2.75, 3.05) is 38.7 Å². The van der Waals surface area contributed by atoms with Crippen LogP contribution in [-0.4, -0.2) is 104 Å². The second kappa shape index (κ2) is 9.43. The van der Waals surface area contributed by atoms with E-state index >= 15 is 0 Å². The number of nitrogens with two attached hydrogens (primary N) is 2. The van der Waals surface area contributed by atoms with E-state index in [0.29, 0.717) is 28.8 Å². The van der Waals surface area contributed by atoms with E-state index in [1.54, 1.807) is 0 Å². The van der Waals surface area contributed by atoms with Crippen molar-refractivity contribution in [1.82, 2.24) is 19.6 Å². The van der Waals surface area contributed by atoms with Gasteiger partial charge in [0.05, 0.1) is 13.6 Å². The van der Waals surface area contributed by atoms with Gasteiger partial charge >= 0.3 is 5.97 Å². The Hall–Kier alpha value is -3.24. The average Bonchev–Trinajstić information content (AvgIpc) is 3.40. The summed E-state index contributed by atoms with van der Waals surface area (Å²) in [5.41, 5.74) is 11.3. The summed E-state index contributed by atoms with van der Waals surface area (Å²) < 4.78 is 4.24. The van der Waals surface area contributed by atoms with E-state index < -0.39 is 41.1 Å². The van der Waals surface area contributed by atoms with Crippen LogP contribution in [0.3, 0.4) is 0 Å². The zero-order valence-electron chi connectivity index (χ0n) is 19.0. The van der Waals surface area contributed by atoms with Crippen molar-refractivity contribution in [2.24, 2.45) is 10.9 Å². The molecule has 3 amide bonds. The van der Waals surface area contributed by atoms with Gasteiger partial charge in [-0.2, -0.15) is 9.36 Å². The Morgan fingerprint density at radius 2 is 2.14 bits per heavy atom. The molecule has 0 aliphatic carbocycles. The van der Waals surface area contributed by atoms with Crippen molar-refractivity contribution < 1.29 is 33.6 Å². The Balaban J connectivity index is 1.54. The maximum absolute atomic E-state index is 13.0. The Bertz CT molecular complexity index is 1150. The molecule has 3 aliphatic rings. The number of oxime groups is 1. The molecule has 0 spiro atoms. The maximum atomic E-state index is 13.0. The predicted octanol–water partition coefficient (Wildman–Crippen LogP) is -1.70. The smallest absolute Gasteiger partial charge is 0.352 e. The SMILES string of the molecule is CO/N=C(\C(=O)N[C@@H]1C(=O)N2C(C(=O)O)=C(C[N@+]3(C)CCC[C@H]3C(N)=O)CS[C@H]12)c1nsc(N)n1. The Morgan fingerprint density at radius 1 is 1.40 bits per heavy atom. The number of nitrogens with one attached hydrogen (secondary N) is 1. The zero-order chi connectivity index (χ0) is 25.5. The third-order valence-electron chi connectivity index (χ3n) is 6.37. The lowest BCUT2D eigenvalue weighted by molar-refractivity contribution is -0.907. The highest BCUT2D eigenvalue weighted by Gasteiger charge is 2.55. The number of anilines is 1. The van der Waals surface area contributed by atoms with Crippen molar-refractivity contribution in [3.8, 4) is 0 Å². The van der Waals surface area contributed by atoms with Crippen LogP contribution in [-0.2, 0) is 24.0 Å². The number of primary amides is 1. The van der Waals surface area contributed by atoms with Gasteiger partial charge in [-0.15, -0.1) is 11.8 Å². The largest absolute Gasteiger partial charge is 0.477 e. The summed E-state index contributed by atoms with van der Waals surface area (Å²) in [6.07, 6.45) is 1.44. The highest BCUT2D eigenvalue weighted by molar-refractivity contribution is 8.00. The zero-order valence-corrected chi connectivity index (χ0v) is 20.6. The lowest BCUT2D eigenvalue weighted by atomic mass is 10.0. The summed E-state index contributed by atoms with van der Waals surface area (Å²) in [6, 6.07) is -1.39. The van der Waals surface area contributed by atoms with Crippen LogP contribution in [0, 0.1) is 0 Å². The molecule has 4 rings (SSSR count). The average molecular weight is 526 g/mol. The predicted molar refractivity (Wildman–Crippen MR) is 126 cm³/mol. The topological polar surface area (TPSA) is 203 Å². The quantitative estimate of drug-likeness (QED) is 0.131. The minimum absolute atomic E-state index is 0.0493. The van der Waals surface area contributed by atoms with Crippen LogP contribution in [0.2, 0.25) is 0 Å². The number of aliphatic carboxylic acids is 1. The third-order valence-corrected chi connectivity index (χ3v) is 8.25. The number of carbonyl (C=O) groups is 4. The van der Waals surface area contributed by atoms with Crippen LogP contribution in [0.25, 0.3) is 0 Å². The second-order valence-corrected chi connectivity index (χ2v) is 10.5. The molecule has 4 atom stereocenters. The fourth-order valence-electron chi connectivity index (χ4n) is 4.81. The van der Waals surface area contributed by atoms with E-state index in [-0.39, 0.29) is 28.9 Å². The molecule has 3 aliphatic heterocycles. The fourth-order valence-corrected chi connectivity index (χ4v) is 6.58. The van der Waals surface area contributed by atoms with Crippen LogP contribution in [0.15, 0.2) is 16.4 Å². The molecule has 14 nitrogen and oxygen atoms in total. The van der Waals surface area contributed by atoms with Gasteiger partial charge in [-0.3, -0.25) is 19.3 Å². The van der Waals surface area contributed by atoms with Gasteiger partial charge in [0, 0.05) is 35.7 Å². The first-order chi connectivity index (χ1) is 16.6. The van der Waals surface area contributed by atoms with Gasteiger partial charge < -0.3 is 31.2 Å². The minimum Gasteiger partial charge on any atom is -0.477 e. The molecule has 2 saturated heterocycles. The molecule has 0 radical (unpaired) electrons. The number of likely N-dealkylation sites (N-methyl/N-ethyl adjacent to an activating group) is 1. The number of hydrogen-bond acceptors (Lipinski definition) is 11. The van der Waals surface area contributed by atoms with E-state index in [1.807, 2.05) is 7.05 Å². The van der Waals surface area contributed by atoms with E-state index in [4.69, 9.17) is 16.3 Å². The van der Waals surface area contributed by atoms with Gasteiger partial charge in [0.1, 0.15) is 30.8 Å². The number of carbonyl (C=O) groups excluding carboxylic acids is 3. The summed E-state index contributed by atoms with van der Waals surface area (Å²) in [7, 11) is 3.12. The van der Waals surface area contributed by atoms with Gasteiger partial charge in [0.15, 0.2) is 11.2 Å². The standard InChI is InChI=1S/C19H24N8O6S2/c1-27(5-3-4-9(27)13(20)28)6-8-7-34-17-11(16(30)26(17)12(8)18(31)32)22-15(29)10(24-33-2)14-23-19(21)35-25-14/h9,11,17H,3-7H2,1-2H3,(H5-,20,21,22,23,25,28,29,31,32)/p+1/b24-10-/t9-,11+,17+,27-/m0/s1. The van der Waals surface area contributed by atoms with E-state index in [9.17, 15) is 24.3 Å². The maximum Gasteiger partial charge on any atom is 0.352 e. The molecule has 4 heterocycles. The molecule has 0 bridgehead atoms. The second-order valence-electron chi connectivity index (χ2n) is 8.62. The number of amides is 3. The third kappa shape index (κ3) is 4.43. The van der Waals surface area contributed by atoms with Crippen molar-refractivity contribution in [1.29, 1.82) is 0 Å². The highest BCUT2D eigenvalue weighted by Crippen LogP contribution is 2.41. The number of β-lactam (4-membered cyclic amide) rings is 1. The molecule has 0 unspecified atom stereocenters. The summed E-state index contributed by atoms with van der Waals surface area (Å²) in [4.78, 5) is 59.8. The van der Waals surface area contributed by atoms with Gasteiger partial charge in [0.2, 0.25) is 11.5 Å². The number of aromatic nitrogens is 2. The Labute approximate surface area is 208 Å². The molecular formula is C19H25N8O6S2+. The first-order valence-corrected chi connectivity index (χ1v) is 12.4. The van der Waals surface area contributed by atoms with Crippen LogP contribution in [0.1, 0.15) is 18.7 Å². The van der Waals surface area contributed by atoms with Gasteiger partial charge in [-0.05, 0) is 0 Å². The number of hydrogen-bond donors (Lipinski definition) is 4. The first-order valence-electron chi connectivity index (χ1n) is 10.6. The molecule has 1 aromatic rings. The number of quaternary nitrogens is 1. The molecule has 1 aromatic heterocycles. The first kappa shape index (κ1) is 24.9. The number of likely N-dealkylation sites (tertiary alicyclic amines) is 1. The van der Waals surface area contributed by atoms with E-state index in [0.717, 1.165) is 18.0 Å². The van der Waals surface area contributed by atoms with Gasteiger partial charge in [-0.25, -0.2) is 4.79 Å². The monoisotopic (exact) mass is 525 g/mol. The molecule has 35 heavy (non-hydrogen) atoms. The lowest BCUT2D eigenvalue weighted by Crippen LogP contribution is -2.71. The number of nitrogens with zero attached hydrogens (tertiary/aromatic N) is 5. The fraction of sp³-hybridized carbons (Fsp3) is 0.526. The molecule has 16 heteroatoms. The van der Waals surface area contributed by atoms with Crippen LogP contribution >= 0.6 is 23.3 Å². The van der Waals surface area contributed by atoms with Crippen molar-refractivity contribution in [2.45, 2.75) is 30.3 Å². The summed E-state index contributed by atoms with van der Waals surface area (Å²) in [5.74, 6) is -2.71. The summed E-state index contributed by atoms with van der Waals surface area (Å²) in [6.45, 7) is 0.971. The summed E-state index contributed by atoms with van der Waals surface area (Å²) >= 11 is 2.21. The number of rotatable bonds is 8. The van der Waals surface area contributed by atoms with Crippen molar-refractivity contribution >= 4 is 57.8 Å². The number of carboxylic acids is 1. The van der Waals surface area contributed by atoms with Crippen LogP contribution in [0.5, 0.6) is 0 Å². The molecule has 188 valence electrons. The highest BCUT2D eigenvalue weighted by atomic mass is 32.2.